The number of rotatable bonds is 10. The molecule has 1 rings (SSSR count). The number of unbranched alkanes of at least 4 members (excludes halogenated alkanes) is 2. The van der Waals surface area contributed by atoms with E-state index in [1.165, 1.54) is 19.3 Å². The Bertz CT molecular complexity index is 424. The summed E-state index contributed by atoms with van der Waals surface area (Å²) in [5.74, 6) is 2.57. The monoisotopic (exact) mass is 435 g/mol. The summed E-state index contributed by atoms with van der Waals surface area (Å²) in [5.41, 5.74) is 0. The van der Waals surface area contributed by atoms with Crippen molar-refractivity contribution in [3.8, 4) is 11.5 Å². The minimum Gasteiger partial charge on any atom is -0.497 e. The first-order valence-corrected chi connectivity index (χ1v) is 8.01. The number of aliphatic imine (C=N–C) groups is 1. The van der Waals surface area contributed by atoms with Crippen LogP contribution in [-0.2, 0) is 0 Å². The number of ether oxygens (including phenoxy) is 2. The molecule has 23 heavy (non-hydrogen) atoms. The van der Waals surface area contributed by atoms with Gasteiger partial charge in [-0.1, -0.05) is 19.8 Å². The van der Waals surface area contributed by atoms with E-state index < -0.39 is 0 Å². The van der Waals surface area contributed by atoms with Crippen LogP contribution in [0.3, 0.4) is 0 Å². The quantitative estimate of drug-likeness (QED) is 0.256. The second-order valence-corrected chi connectivity index (χ2v) is 5.01. The van der Waals surface area contributed by atoms with Crippen molar-refractivity contribution in [2.45, 2.75) is 32.6 Å². The highest BCUT2D eigenvalue weighted by Gasteiger charge is 1.98. The number of hydrogen-bond donors (Lipinski definition) is 2. The average Bonchev–Trinajstić information content (AvgIpc) is 2.57. The highest BCUT2D eigenvalue weighted by molar-refractivity contribution is 14.0. The van der Waals surface area contributed by atoms with Crippen LogP contribution in [-0.4, -0.2) is 39.8 Å². The number of nitrogens with zero attached hydrogens (tertiary/aromatic N) is 1. The van der Waals surface area contributed by atoms with Crippen LogP contribution in [0.25, 0.3) is 0 Å². The summed E-state index contributed by atoms with van der Waals surface area (Å²) in [4.78, 5) is 4.20. The van der Waals surface area contributed by atoms with Gasteiger partial charge in [-0.05, 0) is 37.1 Å². The molecule has 0 spiro atoms. The maximum absolute atomic E-state index is 5.68. The molecule has 6 heteroatoms. The first-order chi connectivity index (χ1) is 10.8. The van der Waals surface area contributed by atoms with Crippen molar-refractivity contribution in [3.05, 3.63) is 24.3 Å². The Hall–Kier alpha value is -1.18. The van der Waals surface area contributed by atoms with Crippen LogP contribution in [0, 0.1) is 0 Å². The molecular weight excluding hydrogens is 405 g/mol. The predicted molar refractivity (Wildman–Crippen MR) is 107 cm³/mol. The van der Waals surface area contributed by atoms with E-state index in [0.29, 0.717) is 6.61 Å². The molecule has 0 fully saturated rings. The Kier molecular flexibility index (Phi) is 13.7. The standard InChI is InChI=1S/C17H29N3O2.HI/c1-4-5-6-12-19-17(18-2)20-13-7-14-22-16-10-8-15(21-3)9-11-16;/h8-11H,4-7,12-14H2,1-3H3,(H2,18,19,20);1H. The molecule has 0 aromatic heterocycles. The lowest BCUT2D eigenvalue weighted by atomic mass is 10.2. The first kappa shape index (κ1) is 21.8. The van der Waals surface area contributed by atoms with Crippen molar-refractivity contribution in [1.29, 1.82) is 0 Å². The van der Waals surface area contributed by atoms with E-state index in [0.717, 1.165) is 37.0 Å². The van der Waals surface area contributed by atoms with E-state index in [4.69, 9.17) is 9.47 Å². The van der Waals surface area contributed by atoms with Crippen LogP contribution in [0.5, 0.6) is 11.5 Å². The summed E-state index contributed by atoms with van der Waals surface area (Å²) < 4.78 is 10.8. The fourth-order valence-corrected chi connectivity index (χ4v) is 1.94. The summed E-state index contributed by atoms with van der Waals surface area (Å²) in [6.45, 7) is 4.68. The average molecular weight is 435 g/mol. The van der Waals surface area contributed by atoms with E-state index in [9.17, 15) is 0 Å². The molecule has 0 heterocycles. The zero-order chi connectivity index (χ0) is 16.0. The zero-order valence-corrected chi connectivity index (χ0v) is 16.8. The molecule has 2 N–H and O–H groups in total. The first-order valence-electron chi connectivity index (χ1n) is 8.01. The smallest absolute Gasteiger partial charge is 0.190 e. The third-order valence-corrected chi connectivity index (χ3v) is 3.24. The van der Waals surface area contributed by atoms with Crippen molar-refractivity contribution >= 4 is 29.9 Å². The van der Waals surface area contributed by atoms with Crippen LogP contribution < -0.4 is 20.1 Å². The van der Waals surface area contributed by atoms with Gasteiger partial charge >= 0.3 is 0 Å². The third-order valence-electron chi connectivity index (χ3n) is 3.24. The van der Waals surface area contributed by atoms with Gasteiger partial charge in [-0.25, -0.2) is 0 Å². The largest absolute Gasteiger partial charge is 0.497 e. The summed E-state index contributed by atoms with van der Waals surface area (Å²) in [7, 11) is 3.45. The molecule has 0 radical (unpaired) electrons. The highest BCUT2D eigenvalue weighted by atomic mass is 127. The van der Waals surface area contributed by atoms with Gasteiger partial charge in [-0.2, -0.15) is 0 Å². The lowest BCUT2D eigenvalue weighted by molar-refractivity contribution is 0.310. The third kappa shape index (κ3) is 10.3. The molecule has 0 unspecified atom stereocenters. The van der Waals surface area contributed by atoms with Gasteiger partial charge < -0.3 is 20.1 Å². The van der Waals surface area contributed by atoms with Gasteiger partial charge in [0, 0.05) is 20.1 Å². The van der Waals surface area contributed by atoms with Crippen molar-refractivity contribution in [3.63, 3.8) is 0 Å². The Balaban J connectivity index is 0.00000484. The SMILES string of the molecule is CCCCCNC(=NC)NCCCOc1ccc(OC)cc1.I. The number of hydrogen-bond acceptors (Lipinski definition) is 3. The normalized spacial score (nSPS) is 10.7. The molecule has 0 aliphatic heterocycles. The van der Waals surface area contributed by atoms with Gasteiger partial charge in [0.15, 0.2) is 5.96 Å². The van der Waals surface area contributed by atoms with E-state index >= 15 is 0 Å². The van der Waals surface area contributed by atoms with Crippen LogP contribution in [0.1, 0.15) is 32.6 Å². The predicted octanol–water partition coefficient (Wildman–Crippen LogP) is 3.44. The van der Waals surface area contributed by atoms with Gasteiger partial charge in [0.2, 0.25) is 0 Å². The molecule has 1 aromatic carbocycles. The fraction of sp³-hybridized carbons (Fsp3) is 0.588. The molecule has 0 atom stereocenters. The molecule has 0 saturated carbocycles. The van der Waals surface area contributed by atoms with Crippen LogP contribution in [0.4, 0.5) is 0 Å². The van der Waals surface area contributed by atoms with E-state index in [-0.39, 0.29) is 24.0 Å². The van der Waals surface area contributed by atoms with Gasteiger partial charge in [-0.15, -0.1) is 24.0 Å². The molecular formula is C17H30IN3O2. The summed E-state index contributed by atoms with van der Waals surface area (Å²) in [6.07, 6.45) is 4.58. The lowest BCUT2D eigenvalue weighted by Crippen LogP contribution is -2.38. The van der Waals surface area contributed by atoms with Crippen molar-refractivity contribution in [2.75, 3.05) is 33.9 Å². The number of methoxy groups -OCH3 is 1. The van der Waals surface area contributed by atoms with Crippen molar-refractivity contribution in [1.82, 2.24) is 10.6 Å². The van der Waals surface area contributed by atoms with Crippen LogP contribution in [0.2, 0.25) is 0 Å². The van der Waals surface area contributed by atoms with Crippen LogP contribution >= 0.6 is 24.0 Å². The van der Waals surface area contributed by atoms with E-state index in [1.807, 2.05) is 24.3 Å². The summed E-state index contributed by atoms with van der Waals surface area (Å²) in [5, 5.41) is 6.60. The van der Waals surface area contributed by atoms with Crippen molar-refractivity contribution < 1.29 is 9.47 Å². The molecule has 0 saturated heterocycles. The van der Waals surface area contributed by atoms with Gasteiger partial charge in [0.05, 0.1) is 13.7 Å². The van der Waals surface area contributed by atoms with Crippen molar-refractivity contribution in [2.24, 2.45) is 4.99 Å². The number of halogens is 1. The number of guanidine groups is 1. The molecule has 1 aromatic rings. The number of benzene rings is 1. The highest BCUT2D eigenvalue weighted by Crippen LogP contribution is 2.16. The zero-order valence-electron chi connectivity index (χ0n) is 14.4. The summed E-state index contributed by atoms with van der Waals surface area (Å²) in [6, 6.07) is 7.63. The van der Waals surface area contributed by atoms with Crippen LogP contribution in [0.15, 0.2) is 29.3 Å². The van der Waals surface area contributed by atoms with E-state index in [2.05, 4.69) is 22.5 Å². The second-order valence-electron chi connectivity index (χ2n) is 5.01. The van der Waals surface area contributed by atoms with Gasteiger partial charge in [0.1, 0.15) is 11.5 Å². The van der Waals surface area contributed by atoms with E-state index in [1.54, 1.807) is 14.2 Å². The Morgan fingerprint density at radius 3 is 2.17 bits per heavy atom. The second kappa shape index (κ2) is 14.4. The fourth-order valence-electron chi connectivity index (χ4n) is 1.94. The maximum Gasteiger partial charge on any atom is 0.190 e. The molecule has 0 aliphatic rings. The Morgan fingerprint density at radius 2 is 1.61 bits per heavy atom. The Morgan fingerprint density at radius 1 is 1.00 bits per heavy atom. The maximum atomic E-state index is 5.68. The van der Waals surface area contributed by atoms with Gasteiger partial charge in [-0.3, -0.25) is 4.99 Å². The minimum atomic E-state index is 0. The molecule has 132 valence electrons. The Labute approximate surface area is 157 Å². The summed E-state index contributed by atoms with van der Waals surface area (Å²) >= 11 is 0. The number of nitrogens with one attached hydrogen (secondary N) is 2. The van der Waals surface area contributed by atoms with Gasteiger partial charge in [0.25, 0.3) is 0 Å². The lowest BCUT2D eigenvalue weighted by Gasteiger charge is -2.12. The minimum absolute atomic E-state index is 0. The molecule has 0 bridgehead atoms. The molecule has 0 aliphatic carbocycles. The molecule has 5 nitrogen and oxygen atoms in total. The topological polar surface area (TPSA) is 54.9 Å². The molecule has 0 amide bonds.